The highest BCUT2D eigenvalue weighted by atomic mass is 16.6. The van der Waals surface area contributed by atoms with Gasteiger partial charge in [0.05, 0.1) is 11.0 Å². The van der Waals surface area contributed by atoms with Crippen molar-refractivity contribution >= 4 is 5.69 Å². The molecule has 5 nitrogen and oxygen atoms in total. The molecule has 5 heteroatoms. The minimum Gasteiger partial charge on any atom is -0.263 e. The highest BCUT2D eigenvalue weighted by Crippen LogP contribution is 2.31. The Morgan fingerprint density at radius 1 is 1.67 bits per heavy atom. The summed E-state index contributed by atoms with van der Waals surface area (Å²) in [6.45, 7) is 0. The second-order valence-corrected chi connectivity index (χ2v) is 3.02. The molecule has 1 aromatic rings. The Labute approximate surface area is 69.1 Å². The molecule has 1 saturated carbocycles. The second-order valence-electron chi connectivity index (χ2n) is 3.02. The van der Waals surface area contributed by atoms with Gasteiger partial charge in [-0.15, -0.1) is 0 Å². The number of hydrogen-bond donors (Lipinski definition) is 0. The molecule has 0 N–H and O–H groups in total. The molecule has 1 aromatic heterocycles. The largest absolute Gasteiger partial charge is 0.307 e. The molecule has 1 heterocycles. The van der Waals surface area contributed by atoms with Crippen LogP contribution in [0, 0.1) is 10.1 Å². The van der Waals surface area contributed by atoms with Gasteiger partial charge in [-0.2, -0.15) is 5.10 Å². The van der Waals surface area contributed by atoms with Gasteiger partial charge in [0.2, 0.25) is 0 Å². The highest BCUT2D eigenvalue weighted by Gasteiger charge is 2.21. The summed E-state index contributed by atoms with van der Waals surface area (Å²) in [5.41, 5.74) is 0.0851. The first-order valence-corrected chi connectivity index (χ1v) is 3.96. The normalized spacial score (nSPS) is 17.3. The Hall–Kier alpha value is -1.39. The van der Waals surface area contributed by atoms with Crippen molar-refractivity contribution in [2.24, 2.45) is 0 Å². The molecule has 0 amide bonds. The van der Waals surface area contributed by atoms with Gasteiger partial charge >= 0.3 is 5.69 Å². The van der Waals surface area contributed by atoms with E-state index in [-0.39, 0.29) is 5.69 Å². The summed E-state index contributed by atoms with van der Waals surface area (Å²) in [6, 6.07) is 0.402. The Morgan fingerprint density at radius 2 is 2.42 bits per heavy atom. The number of nitrogens with zero attached hydrogens (tertiary/aromatic N) is 3. The highest BCUT2D eigenvalue weighted by molar-refractivity contribution is 5.21. The van der Waals surface area contributed by atoms with Crippen LogP contribution >= 0.6 is 0 Å². The fourth-order valence-corrected chi connectivity index (χ4v) is 1.27. The third-order valence-electron chi connectivity index (χ3n) is 2.25. The zero-order valence-corrected chi connectivity index (χ0v) is 6.51. The van der Waals surface area contributed by atoms with Crippen LogP contribution in [0.15, 0.2) is 12.4 Å². The molecule has 0 aromatic carbocycles. The van der Waals surface area contributed by atoms with E-state index in [1.807, 2.05) is 0 Å². The van der Waals surface area contributed by atoms with Crippen molar-refractivity contribution in [1.82, 2.24) is 9.78 Å². The van der Waals surface area contributed by atoms with Crippen LogP contribution < -0.4 is 0 Å². The molecule has 0 atom stereocenters. The first kappa shape index (κ1) is 7.27. The van der Waals surface area contributed by atoms with Crippen LogP contribution in [0.2, 0.25) is 0 Å². The van der Waals surface area contributed by atoms with Gasteiger partial charge in [-0.3, -0.25) is 14.8 Å². The molecule has 64 valence electrons. The number of hydrogen-bond acceptors (Lipinski definition) is 3. The average Bonchev–Trinajstić information content (AvgIpc) is 2.32. The summed E-state index contributed by atoms with van der Waals surface area (Å²) < 4.78 is 1.70. The van der Waals surface area contributed by atoms with Gasteiger partial charge in [-0.1, -0.05) is 0 Å². The van der Waals surface area contributed by atoms with E-state index in [9.17, 15) is 10.1 Å². The minimum atomic E-state index is -0.415. The van der Waals surface area contributed by atoms with Crippen molar-refractivity contribution in [3.05, 3.63) is 22.5 Å². The Kier molecular flexibility index (Phi) is 1.56. The van der Waals surface area contributed by atoms with Gasteiger partial charge in [0, 0.05) is 0 Å². The van der Waals surface area contributed by atoms with Crippen molar-refractivity contribution in [2.45, 2.75) is 25.3 Å². The van der Waals surface area contributed by atoms with Crippen LogP contribution in [0.25, 0.3) is 0 Å². The van der Waals surface area contributed by atoms with Crippen LogP contribution in [0.3, 0.4) is 0 Å². The molecule has 0 radical (unpaired) electrons. The third kappa shape index (κ3) is 1.07. The Bertz CT molecular complexity index is 303. The number of rotatable bonds is 2. The fourth-order valence-electron chi connectivity index (χ4n) is 1.27. The lowest BCUT2D eigenvalue weighted by Gasteiger charge is -2.24. The van der Waals surface area contributed by atoms with Crippen LogP contribution in [0.4, 0.5) is 5.69 Å². The van der Waals surface area contributed by atoms with Gasteiger partial charge in [0.15, 0.2) is 0 Å². The van der Waals surface area contributed by atoms with Gasteiger partial charge in [-0.25, -0.2) is 0 Å². The van der Waals surface area contributed by atoms with Gasteiger partial charge in [0.25, 0.3) is 0 Å². The maximum absolute atomic E-state index is 10.3. The molecule has 0 unspecified atom stereocenters. The van der Waals surface area contributed by atoms with E-state index in [1.54, 1.807) is 4.68 Å². The van der Waals surface area contributed by atoms with E-state index in [1.165, 1.54) is 18.8 Å². The topological polar surface area (TPSA) is 61.0 Å². The van der Waals surface area contributed by atoms with E-state index in [4.69, 9.17) is 0 Å². The maximum Gasteiger partial charge on any atom is 0.307 e. The van der Waals surface area contributed by atoms with Crippen LogP contribution in [0.5, 0.6) is 0 Å². The number of aromatic nitrogens is 2. The summed E-state index contributed by atoms with van der Waals surface area (Å²) in [7, 11) is 0. The lowest BCUT2D eigenvalue weighted by atomic mass is 9.93. The standard InChI is InChI=1S/C7H9N3O2/c11-10(12)7-4-8-9(5-7)6-2-1-3-6/h4-6H,1-3H2. The molecular formula is C7H9N3O2. The molecular weight excluding hydrogens is 158 g/mol. The predicted molar refractivity (Wildman–Crippen MR) is 41.8 cm³/mol. The summed E-state index contributed by atoms with van der Waals surface area (Å²) in [6.07, 6.45) is 6.21. The van der Waals surface area contributed by atoms with Gasteiger partial charge in [-0.05, 0) is 19.3 Å². The van der Waals surface area contributed by atoms with Crippen molar-refractivity contribution in [3.8, 4) is 0 Å². The first-order valence-electron chi connectivity index (χ1n) is 3.96. The molecule has 1 aliphatic rings. The summed E-state index contributed by atoms with van der Waals surface area (Å²) >= 11 is 0. The van der Waals surface area contributed by atoms with E-state index >= 15 is 0 Å². The molecule has 2 rings (SSSR count). The fraction of sp³-hybridized carbons (Fsp3) is 0.571. The quantitative estimate of drug-likeness (QED) is 0.495. The molecule has 0 bridgehead atoms. The van der Waals surface area contributed by atoms with Gasteiger partial charge < -0.3 is 0 Å². The summed E-state index contributed by atoms with van der Waals surface area (Å²) in [5, 5.41) is 14.2. The van der Waals surface area contributed by atoms with Gasteiger partial charge in [0.1, 0.15) is 12.4 Å². The van der Waals surface area contributed by atoms with Crippen LogP contribution in [0.1, 0.15) is 25.3 Å². The zero-order chi connectivity index (χ0) is 8.55. The molecule has 0 aliphatic heterocycles. The average molecular weight is 167 g/mol. The van der Waals surface area contributed by atoms with E-state index < -0.39 is 4.92 Å². The lowest BCUT2D eigenvalue weighted by Crippen LogP contribution is -2.16. The third-order valence-corrected chi connectivity index (χ3v) is 2.25. The molecule has 1 fully saturated rings. The summed E-state index contributed by atoms with van der Waals surface area (Å²) in [4.78, 5) is 9.88. The SMILES string of the molecule is O=[N+]([O-])c1cnn(C2CCC2)c1. The first-order chi connectivity index (χ1) is 5.77. The van der Waals surface area contributed by atoms with E-state index in [0.717, 1.165) is 12.8 Å². The second kappa shape index (κ2) is 2.58. The van der Waals surface area contributed by atoms with Crippen molar-refractivity contribution in [1.29, 1.82) is 0 Å². The zero-order valence-electron chi connectivity index (χ0n) is 6.51. The smallest absolute Gasteiger partial charge is 0.263 e. The molecule has 0 spiro atoms. The molecule has 0 saturated heterocycles. The van der Waals surface area contributed by atoms with E-state index in [2.05, 4.69) is 5.10 Å². The van der Waals surface area contributed by atoms with Crippen molar-refractivity contribution in [2.75, 3.05) is 0 Å². The molecule has 12 heavy (non-hydrogen) atoms. The Morgan fingerprint density at radius 3 is 2.83 bits per heavy atom. The van der Waals surface area contributed by atoms with Crippen LogP contribution in [-0.4, -0.2) is 14.7 Å². The minimum absolute atomic E-state index is 0.0851. The monoisotopic (exact) mass is 167 g/mol. The molecule has 1 aliphatic carbocycles. The summed E-state index contributed by atoms with van der Waals surface area (Å²) in [5.74, 6) is 0. The van der Waals surface area contributed by atoms with E-state index in [0.29, 0.717) is 6.04 Å². The lowest BCUT2D eigenvalue weighted by molar-refractivity contribution is -0.385. The Balaban J connectivity index is 2.17. The predicted octanol–water partition coefficient (Wildman–Crippen LogP) is 1.52. The maximum atomic E-state index is 10.3. The van der Waals surface area contributed by atoms with Crippen molar-refractivity contribution in [3.63, 3.8) is 0 Å². The van der Waals surface area contributed by atoms with Crippen LogP contribution in [-0.2, 0) is 0 Å². The number of nitro groups is 1. The van der Waals surface area contributed by atoms with Crippen molar-refractivity contribution < 1.29 is 4.92 Å².